The van der Waals surface area contributed by atoms with E-state index in [-0.39, 0.29) is 52.0 Å². The summed E-state index contributed by atoms with van der Waals surface area (Å²) in [5.41, 5.74) is 2.73. The molecule has 0 saturated carbocycles. The van der Waals surface area contributed by atoms with E-state index in [0.717, 1.165) is 24.7 Å². The van der Waals surface area contributed by atoms with Gasteiger partial charge < -0.3 is 10.0 Å². The predicted octanol–water partition coefficient (Wildman–Crippen LogP) is 3.40. The number of hydrogen-bond acceptors (Lipinski definition) is 8. The Morgan fingerprint density at radius 2 is 1.95 bits per heavy atom. The molecule has 1 amide bonds. The molecule has 1 aromatic carbocycles. The lowest BCUT2D eigenvalue weighted by molar-refractivity contribution is 0.0534. The minimum atomic E-state index is -3.82. The van der Waals surface area contributed by atoms with Crippen LogP contribution >= 0.6 is 0 Å². The highest BCUT2D eigenvalue weighted by Crippen LogP contribution is 2.46. The maximum Gasteiger partial charge on any atom is 0.291 e. The summed E-state index contributed by atoms with van der Waals surface area (Å²) in [4.78, 5) is 19.0. The van der Waals surface area contributed by atoms with E-state index in [4.69, 9.17) is 5.41 Å². The highest BCUT2D eigenvalue weighted by atomic mass is 32.2. The Labute approximate surface area is 236 Å². The zero-order valence-corrected chi connectivity index (χ0v) is 23.7. The van der Waals surface area contributed by atoms with Gasteiger partial charge in [0.05, 0.1) is 18.5 Å². The van der Waals surface area contributed by atoms with Gasteiger partial charge in [0, 0.05) is 29.5 Å². The summed E-state index contributed by atoms with van der Waals surface area (Å²) in [6.45, 7) is 1.59. The predicted molar refractivity (Wildman–Crippen MR) is 148 cm³/mol. The zero-order valence-electron chi connectivity index (χ0n) is 22.8. The van der Waals surface area contributed by atoms with Gasteiger partial charge in [0.15, 0.2) is 15.7 Å². The first-order valence-corrected chi connectivity index (χ1v) is 15.7. The number of aromatic nitrogens is 5. The van der Waals surface area contributed by atoms with Crippen LogP contribution in [0.2, 0.25) is 0 Å². The Bertz CT molecular complexity index is 1650. The van der Waals surface area contributed by atoms with Crippen LogP contribution in [0.5, 0.6) is 0 Å². The molecule has 216 valence electrons. The Hall–Kier alpha value is -3.71. The van der Waals surface area contributed by atoms with Crippen molar-refractivity contribution < 1.29 is 22.7 Å². The van der Waals surface area contributed by atoms with Gasteiger partial charge in [-0.1, -0.05) is 19.1 Å². The second-order valence-electron chi connectivity index (χ2n) is 11.3. The molecule has 3 aliphatic heterocycles. The fourth-order valence-corrected chi connectivity index (χ4v) is 8.16. The van der Waals surface area contributed by atoms with Gasteiger partial charge in [-0.05, 0) is 67.6 Å². The summed E-state index contributed by atoms with van der Waals surface area (Å²) < 4.78 is 42.5. The summed E-state index contributed by atoms with van der Waals surface area (Å²) >= 11 is 0. The van der Waals surface area contributed by atoms with Crippen LogP contribution in [0.1, 0.15) is 73.2 Å². The van der Waals surface area contributed by atoms with Crippen molar-refractivity contribution in [2.24, 2.45) is 5.92 Å². The number of aromatic amines is 1. The van der Waals surface area contributed by atoms with Crippen molar-refractivity contribution >= 4 is 21.6 Å². The van der Waals surface area contributed by atoms with Gasteiger partial charge in [-0.3, -0.25) is 15.3 Å². The van der Waals surface area contributed by atoms with E-state index in [1.807, 2.05) is 11.8 Å². The highest BCUT2D eigenvalue weighted by molar-refractivity contribution is 7.95. The number of benzene rings is 1. The van der Waals surface area contributed by atoms with Crippen LogP contribution < -0.4 is 0 Å². The molecule has 2 fully saturated rings. The molecule has 0 spiro atoms. The van der Waals surface area contributed by atoms with Crippen LogP contribution in [-0.2, 0) is 16.4 Å². The average Bonchev–Trinajstić information content (AvgIpc) is 3.67. The van der Waals surface area contributed by atoms with Crippen LogP contribution in [0.4, 0.5) is 4.39 Å². The number of rotatable bonds is 5. The maximum absolute atomic E-state index is 14.5. The van der Waals surface area contributed by atoms with E-state index in [1.165, 1.54) is 23.1 Å². The number of hydrogen-bond donors (Lipinski definition) is 3. The van der Waals surface area contributed by atoms with E-state index < -0.39 is 22.3 Å². The fourth-order valence-electron chi connectivity index (χ4n) is 6.97. The number of carbonyl (C=O) groups is 1. The smallest absolute Gasteiger partial charge is 0.291 e. The molecule has 2 bridgehead atoms. The van der Waals surface area contributed by atoms with Crippen LogP contribution in [0.15, 0.2) is 41.2 Å². The van der Waals surface area contributed by atoms with Gasteiger partial charge in [0.25, 0.3) is 5.91 Å². The van der Waals surface area contributed by atoms with Crippen LogP contribution in [-0.4, -0.2) is 73.5 Å². The van der Waals surface area contributed by atoms with E-state index in [0.29, 0.717) is 42.5 Å². The number of H-pyrrole nitrogens is 1. The van der Waals surface area contributed by atoms with Gasteiger partial charge in [0.2, 0.25) is 5.82 Å². The number of piperidine rings is 1. The Balaban J connectivity index is 1.38. The van der Waals surface area contributed by atoms with Gasteiger partial charge >= 0.3 is 0 Å². The third-order valence-electron chi connectivity index (χ3n) is 8.82. The second-order valence-corrected chi connectivity index (χ2v) is 13.3. The third-order valence-corrected chi connectivity index (χ3v) is 10.0. The molecule has 3 aliphatic rings. The summed E-state index contributed by atoms with van der Waals surface area (Å²) in [6, 6.07) is 4.45. The quantitative estimate of drug-likeness (QED) is 0.417. The van der Waals surface area contributed by atoms with Crippen LogP contribution in [0.25, 0.3) is 11.1 Å². The molecule has 11 nitrogen and oxygen atoms in total. The Morgan fingerprint density at radius 1 is 1.22 bits per heavy atom. The molecule has 0 aliphatic carbocycles. The molecule has 2 saturated heterocycles. The number of nitrogens with zero attached hydrogens (tertiary/aromatic N) is 5. The first-order chi connectivity index (χ1) is 19.6. The van der Waals surface area contributed by atoms with E-state index in [9.17, 15) is 22.7 Å². The molecule has 3 aromatic rings. The first kappa shape index (κ1) is 27.5. The molecule has 41 heavy (non-hydrogen) atoms. The molecule has 13 heteroatoms. The number of halogens is 1. The fraction of sp³-hybridized carbons (Fsp3) is 0.464. The van der Waals surface area contributed by atoms with Crippen molar-refractivity contribution in [1.82, 2.24) is 29.9 Å². The molecule has 3 atom stereocenters. The maximum atomic E-state index is 14.5. The molecular formula is C28H32FN7O4S. The molecular weight excluding hydrogens is 549 g/mol. The average molecular weight is 582 g/mol. The minimum absolute atomic E-state index is 0.0125. The summed E-state index contributed by atoms with van der Waals surface area (Å²) in [5, 5.41) is 29.4. The number of carbonyl (C=O) groups excluding carboxylic acids is 1. The van der Waals surface area contributed by atoms with Crippen molar-refractivity contribution in [3.05, 3.63) is 64.1 Å². The first-order valence-electron chi connectivity index (χ1n) is 13.8. The summed E-state index contributed by atoms with van der Waals surface area (Å²) in [5.74, 6) is -0.946. The molecule has 6 rings (SSSR count). The van der Waals surface area contributed by atoms with Crippen molar-refractivity contribution in [3.63, 3.8) is 0 Å². The van der Waals surface area contributed by atoms with Crippen molar-refractivity contribution in [2.45, 2.75) is 70.1 Å². The largest absolute Gasteiger partial charge is 0.392 e. The number of fused-ring (bicyclic) bond motifs is 3. The van der Waals surface area contributed by atoms with Crippen LogP contribution in [0.3, 0.4) is 0 Å². The summed E-state index contributed by atoms with van der Waals surface area (Å²) in [7, 11) is -3.82. The number of amides is 1. The van der Waals surface area contributed by atoms with Crippen molar-refractivity contribution in [2.75, 3.05) is 6.26 Å². The monoisotopic (exact) mass is 581 g/mol. The topological polar surface area (TPSA) is 158 Å². The highest BCUT2D eigenvalue weighted by Gasteiger charge is 2.46. The molecule has 3 N–H and O–H groups in total. The normalized spacial score (nSPS) is 26.5. The van der Waals surface area contributed by atoms with Crippen molar-refractivity contribution in [3.8, 4) is 11.1 Å². The third kappa shape index (κ3) is 4.70. The van der Waals surface area contributed by atoms with Gasteiger partial charge in [-0.2, -0.15) is 10.2 Å². The Kier molecular flexibility index (Phi) is 6.89. The number of nitrogens with one attached hydrogen (secondary N) is 2. The zero-order chi connectivity index (χ0) is 29.1. The number of sulfone groups is 1. The van der Waals surface area contributed by atoms with E-state index >= 15 is 0 Å². The molecule has 5 heterocycles. The van der Waals surface area contributed by atoms with E-state index in [1.54, 1.807) is 12.3 Å². The second kappa shape index (κ2) is 10.3. The van der Waals surface area contributed by atoms with Gasteiger partial charge in [0.1, 0.15) is 17.0 Å². The Morgan fingerprint density at radius 3 is 2.56 bits per heavy atom. The van der Waals surface area contributed by atoms with Gasteiger partial charge in [-0.25, -0.2) is 22.5 Å². The number of allylic oxidation sites excluding steroid dienone is 2. The standard InChI is InChI=1S/C28H32FN7O4S/c1-15-3-8-21(18-9-19-6-7-20(10-18)35(19)28(38)27-31-14-32-34-27)25(41(2,39)40)26(30)36-24(15)22(12-33-36)16-4-5-17(13-37)23(29)11-16/h4-5,11-12,14-15,18-20,30,37H,3,6-10,13H2,1-2H3,(H,31,32,34)/b25-21-,30-26?. The molecule has 0 radical (unpaired) electrons. The van der Waals surface area contributed by atoms with Gasteiger partial charge in [-0.15, -0.1) is 0 Å². The van der Waals surface area contributed by atoms with Crippen LogP contribution in [0, 0.1) is 17.1 Å². The molecule has 2 aromatic heterocycles. The van der Waals surface area contributed by atoms with Crippen molar-refractivity contribution in [1.29, 1.82) is 5.41 Å². The molecule has 3 unspecified atom stereocenters. The minimum Gasteiger partial charge on any atom is -0.392 e. The summed E-state index contributed by atoms with van der Waals surface area (Å²) in [6.07, 6.45) is 7.96. The lowest BCUT2D eigenvalue weighted by Gasteiger charge is -2.40. The number of aliphatic hydroxyl groups is 1. The lowest BCUT2D eigenvalue weighted by Crippen LogP contribution is -2.47. The van der Waals surface area contributed by atoms with E-state index in [2.05, 4.69) is 20.3 Å². The SMILES string of the molecule is CC1CC/C(C2CC3CCC(C2)N3C(=O)c2ncn[nH]2)=C(/S(C)(=O)=O)C(=N)n2ncc(-c3ccc(CO)c(F)c3)c21. The lowest BCUT2D eigenvalue weighted by atomic mass is 9.80. The number of aliphatic hydroxyl groups excluding tert-OH is 1.